The standard InChI is InChI=1S/C21H22N6O2/c1-13-5-7-15(8-6-13)27-20(22)16(11-25-27)19(28)18-4-3-9-26(18)21(29)17-12-23-14(2)10-24-17/h5-8,10-12,18H,3-4,9,22H2,1-2H3/t18-/m0/s1. The zero-order valence-electron chi connectivity index (χ0n) is 16.4. The molecule has 2 N–H and O–H groups in total. The Hall–Kier alpha value is -3.55. The van der Waals surface area contributed by atoms with Crippen LogP contribution in [0.3, 0.4) is 0 Å². The number of carbonyl (C=O) groups excluding carboxylic acids is 2. The summed E-state index contributed by atoms with van der Waals surface area (Å²) in [6, 6.07) is 7.13. The van der Waals surface area contributed by atoms with Crippen LogP contribution in [0.4, 0.5) is 5.82 Å². The molecule has 1 aliphatic rings. The lowest BCUT2D eigenvalue weighted by Crippen LogP contribution is -2.41. The van der Waals surface area contributed by atoms with Gasteiger partial charge in [0.05, 0.1) is 35.4 Å². The van der Waals surface area contributed by atoms with Crippen molar-refractivity contribution < 1.29 is 9.59 Å². The van der Waals surface area contributed by atoms with E-state index in [9.17, 15) is 9.59 Å². The van der Waals surface area contributed by atoms with Crippen molar-refractivity contribution >= 4 is 17.5 Å². The van der Waals surface area contributed by atoms with Crippen LogP contribution >= 0.6 is 0 Å². The maximum atomic E-state index is 13.2. The van der Waals surface area contributed by atoms with Crippen LogP contribution in [-0.2, 0) is 0 Å². The van der Waals surface area contributed by atoms with E-state index >= 15 is 0 Å². The summed E-state index contributed by atoms with van der Waals surface area (Å²) < 4.78 is 1.54. The molecule has 0 bridgehead atoms. The summed E-state index contributed by atoms with van der Waals surface area (Å²) in [4.78, 5) is 35.9. The molecule has 1 atom stereocenters. The van der Waals surface area contributed by atoms with Crippen molar-refractivity contribution in [1.29, 1.82) is 0 Å². The molecule has 0 saturated carbocycles. The average molecular weight is 390 g/mol. The van der Waals surface area contributed by atoms with Crippen molar-refractivity contribution in [3.05, 3.63) is 65.4 Å². The Morgan fingerprint density at radius 3 is 2.52 bits per heavy atom. The number of aromatic nitrogens is 4. The van der Waals surface area contributed by atoms with Crippen molar-refractivity contribution in [2.75, 3.05) is 12.3 Å². The number of Topliss-reactive ketones (excluding diaryl/α,β-unsaturated/α-hetero) is 1. The van der Waals surface area contributed by atoms with Gasteiger partial charge in [-0.05, 0) is 38.8 Å². The van der Waals surface area contributed by atoms with E-state index < -0.39 is 6.04 Å². The molecule has 1 saturated heterocycles. The molecule has 3 aromatic rings. The van der Waals surface area contributed by atoms with Crippen LogP contribution in [0.2, 0.25) is 0 Å². The van der Waals surface area contributed by atoms with Gasteiger partial charge < -0.3 is 10.6 Å². The molecule has 2 aromatic heterocycles. The summed E-state index contributed by atoms with van der Waals surface area (Å²) in [5.74, 6) is -0.224. The van der Waals surface area contributed by atoms with Gasteiger partial charge in [0.1, 0.15) is 11.5 Å². The Balaban J connectivity index is 1.59. The maximum absolute atomic E-state index is 13.2. The Labute approximate surface area is 168 Å². The topological polar surface area (TPSA) is 107 Å². The second-order valence-electron chi connectivity index (χ2n) is 7.25. The number of nitrogens with zero attached hydrogens (tertiary/aromatic N) is 5. The molecule has 0 radical (unpaired) electrons. The van der Waals surface area contributed by atoms with E-state index in [0.29, 0.717) is 18.5 Å². The highest BCUT2D eigenvalue weighted by Gasteiger charge is 2.37. The van der Waals surface area contributed by atoms with Crippen LogP contribution in [0.15, 0.2) is 42.9 Å². The fraction of sp³-hybridized carbons (Fsp3) is 0.286. The smallest absolute Gasteiger partial charge is 0.274 e. The Morgan fingerprint density at radius 1 is 1.07 bits per heavy atom. The Morgan fingerprint density at radius 2 is 1.83 bits per heavy atom. The number of likely N-dealkylation sites (tertiary alicyclic amines) is 1. The lowest BCUT2D eigenvalue weighted by atomic mass is 10.0. The van der Waals surface area contributed by atoms with E-state index in [2.05, 4.69) is 15.1 Å². The Bertz CT molecular complexity index is 1060. The molecule has 0 spiro atoms. The number of hydrogen-bond donors (Lipinski definition) is 1. The number of nitrogen functional groups attached to an aromatic ring is 1. The summed E-state index contributed by atoms with van der Waals surface area (Å²) in [7, 11) is 0. The third-order valence-corrected chi connectivity index (χ3v) is 5.17. The number of aryl methyl sites for hydroxylation is 2. The molecule has 4 rings (SSSR count). The quantitative estimate of drug-likeness (QED) is 0.685. The van der Waals surface area contributed by atoms with E-state index in [1.54, 1.807) is 22.7 Å². The number of amides is 1. The van der Waals surface area contributed by atoms with Gasteiger partial charge in [0.2, 0.25) is 0 Å². The number of rotatable bonds is 4. The third-order valence-electron chi connectivity index (χ3n) is 5.17. The second kappa shape index (κ2) is 7.46. The molecule has 1 aliphatic heterocycles. The first-order valence-electron chi connectivity index (χ1n) is 9.50. The molecule has 8 nitrogen and oxygen atoms in total. The average Bonchev–Trinajstić information content (AvgIpc) is 3.35. The predicted molar refractivity (Wildman–Crippen MR) is 108 cm³/mol. The highest BCUT2D eigenvalue weighted by Crippen LogP contribution is 2.26. The third kappa shape index (κ3) is 3.49. The number of nitrogens with two attached hydrogens (primary N) is 1. The summed E-state index contributed by atoms with van der Waals surface area (Å²) in [5.41, 5.74) is 9.43. The molecule has 29 heavy (non-hydrogen) atoms. The number of ketones is 1. The van der Waals surface area contributed by atoms with Crippen molar-refractivity contribution in [3.63, 3.8) is 0 Å². The summed E-state index contributed by atoms with van der Waals surface area (Å²) >= 11 is 0. The van der Waals surface area contributed by atoms with E-state index in [1.807, 2.05) is 31.2 Å². The van der Waals surface area contributed by atoms with Crippen LogP contribution in [0.1, 0.15) is 44.9 Å². The molecule has 1 fully saturated rings. The van der Waals surface area contributed by atoms with Gasteiger partial charge in [0.25, 0.3) is 5.91 Å². The molecule has 3 heterocycles. The highest BCUT2D eigenvalue weighted by atomic mass is 16.2. The van der Waals surface area contributed by atoms with Crippen LogP contribution in [0.5, 0.6) is 0 Å². The van der Waals surface area contributed by atoms with Gasteiger partial charge in [-0.25, -0.2) is 9.67 Å². The van der Waals surface area contributed by atoms with Gasteiger partial charge in [0, 0.05) is 12.7 Å². The van der Waals surface area contributed by atoms with Crippen molar-refractivity contribution in [1.82, 2.24) is 24.6 Å². The second-order valence-corrected chi connectivity index (χ2v) is 7.25. The monoisotopic (exact) mass is 390 g/mol. The summed E-state index contributed by atoms with van der Waals surface area (Å²) in [5, 5.41) is 4.29. The van der Waals surface area contributed by atoms with E-state index in [4.69, 9.17) is 5.73 Å². The zero-order valence-corrected chi connectivity index (χ0v) is 16.4. The minimum atomic E-state index is -0.580. The minimum Gasteiger partial charge on any atom is -0.383 e. The van der Waals surface area contributed by atoms with Gasteiger partial charge in [0.15, 0.2) is 5.78 Å². The normalized spacial score (nSPS) is 16.2. The Kier molecular flexibility index (Phi) is 4.84. The molecule has 0 unspecified atom stereocenters. The minimum absolute atomic E-state index is 0.202. The van der Waals surface area contributed by atoms with E-state index in [1.165, 1.54) is 12.4 Å². The molecule has 1 amide bonds. The number of benzene rings is 1. The molecular formula is C21H22N6O2. The molecule has 148 valence electrons. The first kappa shape index (κ1) is 18.8. The largest absolute Gasteiger partial charge is 0.383 e. The molecular weight excluding hydrogens is 368 g/mol. The van der Waals surface area contributed by atoms with Gasteiger partial charge >= 0.3 is 0 Å². The van der Waals surface area contributed by atoms with Crippen LogP contribution in [0, 0.1) is 13.8 Å². The lowest BCUT2D eigenvalue weighted by molar-refractivity contribution is 0.0667. The van der Waals surface area contributed by atoms with Crippen LogP contribution < -0.4 is 5.73 Å². The van der Waals surface area contributed by atoms with E-state index in [-0.39, 0.29) is 23.2 Å². The van der Waals surface area contributed by atoms with E-state index in [0.717, 1.165) is 23.4 Å². The number of carbonyl (C=O) groups is 2. The number of anilines is 1. The van der Waals surface area contributed by atoms with Gasteiger partial charge in [-0.3, -0.25) is 14.6 Å². The lowest BCUT2D eigenvalue weighted by Gasteiger charge is -2.23. The SMILES string of the molecule is Cc1ccc(-n2ncc(C(=O)[C@@H]3CCCN3C(=O)c3cnc(C)cn3)c2N)cc1. The first-order valence-corrected chi connectivity index (χ1v) is 9.50. The summed E-state index contributed by atoms with van der Waals surface area (Å²) in [6.45, 7) is 4.30. The van der Waals surface area contributed by atoms with Crippen LogP contribution in [-0.4, -0.2) is 48.9 Å². The maximum Gasteiger partial charge on any atom is 0.274 e. The molecule has 1 aromatic carbocycles. The van der Waals surface area contributed by atoms with Crippen molar-refractivity contribution in [2.24, 2.45) is 0 Å². The zero-order chi connectivity index (χ0) is 20.5. The molecule has 0 aliphatic carbocycles. The molecule has 8 heteroatoms. The predicted octanol–water partition coefficient (Wildman–Crippen LogP) is 2.35. The van der Waals surface area contributed by atoms with Crippen LogP contribution in [0.25, 0.3) is 5.69 Å². The fourth-order valence-electron chi connectivity index (χ4n) is 3.55. The van der Waals surface area contributed by atoms with Gasteiger partial charge in [-0.1, -0.05) is 17.7 Å². The highest BCUT2D eigenvalue weighted by molar-refractivity contribution is 6.06. The first-order chi connectivity index (χ1) is 14.0. The van der Waals surface area contributed by atoms with Crippen molar-refractivity contribution in [3.8, 4) is 5.69 Å². The number of hydrogen-bond acceptors (Lipinski definition) is 6. The summed E-state index contributed by atoms with van der Waals surface area (Å²) in [6.07, 6.45) is 5.79. The van der Waals surface area contributed by atoms with Gasteiger partial charge in [-0.2, -0.15) is 5.10 Å². The van der Waals surface area contributed by atoms with Gasteiger partial charge in [-0.15, -0.1) is 0 Å². The fourth-order valence-corrected chi connectivity index (χ4v) is 3.55. The van der Waals surface area contributed by atoms with Crippen molar-refractivity contribution in [2.45, 2.75) is 32.7 Å².